The number of aliphatic carboxylic acids is 1. The van der Waals surface area contributed by atoms with E-state index in [0.29, 0.717) is 0 Å². The van der Waals surface area contributed by atoms with Crippen LogP contribution in [0.5, 0.6) is 0 Å². The molecule has 20 heavy (non-hydrogen) atoms. The van der Waals surface area contributed by atoms with Gasteiger partial charge in [-0.1, -0.05) is 0 Å². The van der Waals surface area contributed by atoms with Gasteiger partial charge in [-0.3, -0.25) is 19.7 Å². The van der Waals surface area contributed by atoms with Crippen LogP contribution in [0, 0.1) is 15.5 Å². The molecule has 3 N–H and O–H groups in total. The molecule has 0 aliphatic heterocycles. The summed E-state index contributed by atoms with van der Waals surface area (Å²) in [5.74, 6) is -1.65. The normalized spacial score (nSPS) is 12.0. The number of carbonyl (C=O) groups excluding carboxylic acids is 1. The van der Waals surface area contributed by atoms with Gasteiger partial charge in [-0.2, -0.15) is 0 Å². The molecule has 8 heteroatoms. The second-order valence-electron chi connectivity index (χ2n) is 5.54. The van der Waals surface area contributed by atoms with Crippen molar-refractivity contribution in [2.75, 3.05) is 0 Å². The monoisotopic (exact) mass is 283 g/mol. The van der Waals surface area contributed by atoms with Crippen molar-refractivity contribution >= 4 is 17.6 Å². The van der Waals surface area contributed by atoms with E-state index in [-0.39, 0.29) is 11.4 Å². The molecule has 0 aliphatic rings. The van der Waals surface area contributed by atoms with Crippen LogP contribution in [0.25, 0.3) is 0 Å². The van der Waals surface area contributed by atoms with E-state index in [9.17, 15) is 24.8 Å². The number of rotatable bonds is 5. The summed E-state index contributed by atoms with van der Waals surface area (Å²) in [6, 6.07) is 1.10. The first kappa shape index (κ1) is 15.7. The van der Waals surface area contributed by atoms with Crippen LogP contribution in [0.15, 0.2) is 12.3 Å². The summed E-state index contributed by atoms with van der Waals surface area (Å²) in [7, 11) is 0. The van der Waals surface area contributed by atoms with Crippen molar-refractivity contribution in [1.82, 2.24) is 10.3 Å². The number of aromatic amines is 1. The molecular weight excluding hydrogens is 266 g/mol. The Hall–Kier alpha value is -2.38. The summed E-state index contributed by atoms with van der Waals surface area (Å²) >= 11 is 0. The number of carboxylic acid groups (broad SMARTS) is 1. The highest BCUT2D eigenvalue weighted by molar-refractivity contribution is 5.94. The number of amides is 1. The molecule has 0 fully saturated rings. The first-order valence-corrected chi connectivity index (χ1v) is 5.88. The van der Waals surface area contributed by atoms with E-state index in [2.05, 4.69) is 10.3 Å². The maximum absolute atomic E-state index is 12.0. The average molecular weight is 283 g/mol. The van der Waals surface area contributed by atoms with Crippen molar-refractivity contribution in [3.05, 3.63) is 28.1 Å². The highest BCUT2D eigenvalue weighted by Crippen LogP contribution is 2.31. The third kappa shape index (κ3) is 2.79. The number of carbonyl (C=O) groups is 2. The SMILES string of the molecule is CC(C)(NC(=O)c1cc([N+](=O)[O-])c[nH]1)C(C)(C)C(=O)O. The zero-order chi connectivity index (χ0) is 15.7. The van der Waals surface area contributed by atoms with E-state index in [1.165, 1.54) is 13.8 Å². The topological polar surface area (TPSA) is 125 Å². The Balaban J connectivity index is 2.94. The predicted octanol–water partition coefficient (Wildman–Crippen LogP) is 1.54. The molecule has 0 aromatic carbocycles. The van der Waals surface area contributed by atoms with Crippen LogP contribution in [0.4, 0.5) is 5.69 Å². The smallest absolute Gasteiger partial charge is 0.311 e. The van der Waals surface area contributed by atoms with E-state index in [0.717, 1.165) is 12.3 Å². The first-order chi connectivity index (χ1) is 8.99. The van der Waals surface area contributed by atoms with Crippen molar-refractivity contribution in [3.63, 3.8) is 0 Å². The van der Waals surface area contributed by atoms with Crippen molar-refractivity contribution in [2.24, 2.45) is 5.41 Å². The van der Waals surface area contributed by atoms with Gasteiger partial charge in [-0.05, 0) is 27.7 Å². The van der Waals surface area contributed by atoms with Crippen molar-refractivity contribution in [3.8, 4) is 0 Å². The maximum Gasteiger partial charge on any atom is 0.311 e. The summed E-state index contributed by atoms with van der Waals surface area (Å²) in [5, 5.41) is 22.3. The zero-order valence-electron chi connectivity index (χ0n) is 11.7. The van der Waals surface area contributed by atoms with Gasteiger partial charge in [0.25, 0.3) is 11.6 Å². The molecule has 8 nitrogen and oxygen atoms in total. The Morgan fingerprint density at radius 1 is 1.35 bits per heavy atom. The number of carboxylic acids is 1. The van der Waals surface area contributed by atoms with Crippen LogP contribution in [-0.4, -0.2) is 32.4 Å². The lowest BCUT2D eigenvalue weighted by Gasteiger charge is -2.38. The number of nitro groups is 1. The highest BCUT2D eigenvalue weighted by atomic mass is 16.6. The molecule has 0 radical (unpaired) electrons. The first-order valence-electron chi connectivity index (χ1n) is 5.88. The summed E-state index contributed by atoms with van der Waals surface area (Å²) in [6.45, 7) is 6.15. The summed E-state index contributed by atoms with van der Waals surface area (Å²) in [5.41, 5.74) is -2.48. The fraction of sp³-hybridized carbons (Fsp3) is 0.500. The molecule has 0 saturated carbocycles. The third-order valence-electron chi connectivity index (χ3n) is 3.65. The van der Waals surface area contributed by atoms with Crippen molar-refractivity contribution < 1.29 is 19.6 Å². The van der Waals surface area contributed by atoms with Gasteiger partial charge in [0, 0.05) is 6.07 Å². The summed E-state index contributed by atoms with van der Waals surface area (Å²) in [4.78, 5) is 35.6. The largest absolute Gasteiger partial charge is 0.481 e. The number of hydrogen-bond acceptors (Lipinski definition) is 4. The van der Waals surface area contributed by atoms with Crippen LogP contribution in [0.2, 0.25) is 0 Å². The summed E-state index contributed by atoms with van der Waals surface area (Å²) < 4.78 is 0. The minimum atomic E-state index is -1.21. The van der Waals surface area contributed by atoms with Crippen LogP contribution in [0.3, 0.4) is 0 Å². The molecule has 1 rings (SSSR count). The Kier molecular flexibility index (Phi) is 3.88. The van der Waals surface area contributed by atoms with Crippen molar-refractivity contribution in [2.45, 2.75) is 33.2 Å². The number of aromatic nitrogens is 1. The lowest BCUT2D eigenvalue weighted by atomic mass is 9.74. The third-order valence-corrected chi connectivity index (χ3v) is 3.65. The molecule has 0 saturated heterocycles. The van der Waals surface area contributed by atoms with E-state index in [4.69, 9.17) is 0 Å². The zero-order valence-corrected chi connectivity index (χ0v) is 11.7. The fourth-order valence-electron chi connectivity index (χ4n) is 1.39. The molecule has 1 amide bonds. The molecule has 110 valence electrons. The highest BCUT2D eigenvalue weighted by Gasteiger charge is 2.44. The van der Waals surface area contributed by atoms with Gasteiger partial charge in [-0.25, -0.2) is 0 Å². The molecule has 1 heterocycles. The van der Waals surface area contributed by atoms with Gasteiger partial charge in [0.05, 0.1) is 22.1 Å². The molecule has 0 aliphatic carbocycles. The Morgan fingerprint density at radius 3 is 2.30 bits per heavy atom. The van der Waals surface area contributed by atoms with E-state index in [1.807, 2.05) is 0 Å². The minimum Gasteiger partial charge on any atom is -0.481 e. The van der Waals surface area contributed by atoms with E-state index >= 15 is 0 Å². The number of nitrogens with one attached hydrogen (secondary N) is 2. The molecule has 0 atom stereocenters. The molecule has 0 bridgehead atoms. The second kappa shape index (κ2) is 4.95. The molecule has 1 aromatic heterocycles. The van der Waals surface area contributed by atoms with Gasteiger partial charge >= 0.3 is 5.97 Å². The number of nitrogens with zero attached hydrogens (tertiary/aromatic N) is 1. The van der Waals surface area contributed by atoms with Gasteiger partial charge < -0.3 is 15.4 Å². The van der Waals surface area contributed by atoms with Crippen LogP contribution >= 0.6 is 0 Å². The van der Waals surface area contributed by atoms with Crippen molar-refractivity contribution in [1.29, 1.82) is 0 Å². The van der Waals surface area contributed by atoms with Gasteiger partial charge in [-0.15, -0.1) is 0 Å². The second-order valence-corrected chi connectivity index (χ2v) is 5.54. The summed E-state index contributed by atoms with van der Waals surface area (Å²) in [6.07, 6.45) is 1.10. The van der Waals surface area contributed by atoms with Gasteiger partial charge in [0.1, 0.15) is 5.69 Å². The molecular formula is C12H17N3O5. The molecule has 1 aromatic rings. The van der Waals surface area contributed by atoms with Gasteiger partial charge in [0.15, 0.2) is 0 Å². The quantitative estimate of drug-likeness (QED) is 0.558. The lowest BCUT2D eigenvalue weighted by Crippen LogP contribution is -2.57. The number of H-pyrrole nitrogens is 1. The van der Waals surface area contributed by atoms with E-state index < -0.39 is 27.8 Å². The average Bonchev–Trinajstić information content (AvgIpc) is 2.77. The molecule has 0 unspecified atom stereocenters. The predicted molar refractivity (Wildman–Crippen MR) is 70.4 cm³/mol. The van der Waals surface area contributed by atoms with Crippen LogP contribution < -0.4 is 5.32 Å². The van der Waals surface area contributed by atoms with Crippen LogP contribution in [0.1, 0.15) is 38.2 Å². The Morgan fingerprint density at radius 2 is 1.90 bits per heavy atom. The molecule has 0 spiro atoms. The Bertz CT molecular complexity index is 559. The fourth-order valence-corrected chi connectivity index (χ4v) is 1.39. The standard InChI is InChI=1S/C12H17N3O5/c1-11(2,10(17)18)12(3,4)14-9(16)8-5-7(6-13-8)15(19)20/h5-6,13H,1-4H3,(H,14,16)(H,17,18). The maximum atomic E-state index is 12.0. The lowest BCUT2D eigenvalue weighted by molar-refractivity contribution is -0.384. The Labute approximate surface area is 115 Å². The van der Waals surface area contributed by atoms with Crippen LogP contribution in [-0.2, 0) is 4.79 Å². The van der Waals surface area contributed by atoms with Gasteiger partial charge in [0.2, 0.25) is 0 Å². The minimum absolute atomic E-state index is 0.00552. The van der Waals surface area contributed by atoms with E-state index in [1.54, 1.807) is 13.8 Å². The number of hydrogen-bond donors (Lipinski definition) is 3.